The SMILES string of the molecule is Cl.Nc1ccncc1C(=O)N1CCC(O)(C(F)(F)F)C1. The molecule has 1 unspecified atom stereocenters. The number of nitrogen functional groups attached to an aromatic ring is 1. The molecule has 1 fully saturated rings. The van der Waals surface area contributed by atoms with Crippen LogP contribution in [0.5, 0.6) is 0 Å². The number of anilines is 1. The second-order valence-corrected chi connectivity index (χ2v) is 4.47. The van der Waals surface area contributed by atoms with Crippen molar-refractivity contribution in [1.82, 2.24) is 9.88 Å². The second-order valence-electron chi connectivity index (χ2n) is 4.47. The van der Waals surface area contributed by atoms with Crippen molar-refractivity contribution in [3.8, 4) is 0 Å². The van der Waals surface area contributed by atoms with Crippen molar-refractivity contribution in [2.75, 3.05) is 18.8 Å². The molecule has 1 aromatic heterocycles. The summed E-state index contributed by atoms with van der Waals surface area (Å²) in [4.78, 5) is 16.7. The van der Waals surface area contributed by atoms with Crippen LogP contribution in [0.3, 0.4) is 0 Å². The maximum Gasteiger partial charge on any atom is 0.419 e. The average Bonchev–Trinajstić information content (AvgIpc) is 2.72. The Kier molecular flexibility index (Phi) is 4.50. The third-order valence-electron chi connectivity index (χ3n) is 3.15. The van der Waals surface area contributed by atoms with Gasteiger partial charge in [-0.1, -0.05) is 0 Å². The maximum absolute atomic E-state index is 12.6. The number of β-amino-alcohol motifs (C(OH)–C–C–N with tert-alkyl or cyclic N) is 1. The van der Waals surface area contributed by atoms with Gasteiger partial charge in [-0.05, 0) is 6.07 Å². The lowest BCUT2D eigenvalue weighted by Crippen LogP contribution is -2.48. The van der Waals surface area contributed by atoms with E-state index in [4.69, 9.17) is 5.73 Å². The fraction of sp³-hybridized carbons (Fsp3) is 0.455. The number of likely N-dealkylation sites (tertiary alicyclic amines) is 1. The van der Waals surface area contributed by atoms with E-state index in [2.05, 4.69) is 4.98 Å². The first kappa shape index (κ1) is 16.5. The fourth-order valence-corrected chi connectivity index (χ4v) is 1.95. The Labute approximate surface area is 119 Å². The van der Waals surface area contributed by atoms with E-state index in [1.54, 1.807) is 0 Å². The first-order chi connectivity index (χ1) is 8.74. The van der Waals surface area contributed by atoms with Crippen LogP contribution < -0.4 is 5.73 Å². The Balaban J connectivity index is 0.00000200. The van der Waals surface area contributed by atoms with Crippen molar-refractivity contribution in [2.45, 2.75) is 18.2 Å². The van der Waals surface area contributed by atoms with Crippen molar-refractivity contribution in [2.24, 2.45) is 0 Å². The van der Waals surface area contributed by atoms with Crippen molar-refractivity contribution in [1.29, 1.82) is 0 Å². The predicted molar refractivity (Wildman–Crippen MR) is 67.4 cm³/mol. The van der Waals surface area contributed by atoms with Gasteiger partial charge in [-0.3, -0.25) is 9.78 Å². The van der Waals surface area contributed by atoms with Gasteiger partial charge in [0.05, 0.1) is 12.1 Å². The zero-order valence-electron chi connectivity index (χ0n) is 10.2. The number of hydrogen-bond donors (Lipinski definition) is 2. The number of alkyl halides is 3. The number of rotatable bonds is 1. The van der Waals surface area contributed by atoms with E-state index in [1.165, 1.54) is 18.5 Å². The molecule has 9 heteroatoms. The smallest absolute Gasteiger partial charge is 0.398 e. The zero-order valence-corrected chi connectivity index (χ0v) is 11.0. The maximum atomic E-state index is 12.6. The topological polar surface area (TPSA) is 79.5 Å². The van der Waals surface area contributed by atoms with Crippen molar-refractivity contribution in [3.05, 3.63) is 24.0 Å². The molecule has 1 aromatic rings. The summed E-state index contributed by atoms with van der Waals surface area (Å²) >= 11 is 0. The summed E-state index contributed by atoms with van der Waals surface area (Å²) in [6, 6.07) is 1.39. The Hall–Kier alpha value is -1.54. The first-order valence-electron chi connectivity index (χ1n) is 5.52. The molecule has 20 heavy (non-hydrogen) atoms. The van der Waals surface area contributed by atoms with E-state index in [-0.39, 0.29) is 30.2 Å². The molecule has 2 rings (SSSR count). The quantitative estimate of drug-likeness (QED) is 0.817. The van der Waals surface area contributed by atoms with Crippen LogP contribution in [0.25, 0.3) is 0 Å². The Bertz CT molecular complexity index is 512. The van der Waals surface area contributed by atoms with E-state index >= 15 is 0 Å². The number of nitrogens with zero attached hydrogens (tertiary/aromatic N) is 2. The lowest BCUT2D eigenvalue weighted by molar-refractivity contribution is -0.253. The second kappa shape index (κ2) is 5.45. The molecule has 2 heterocycles. The minimum absolute atomic E-state index is 0. The monoisotopic (exact) mass is 311 g/mol. The van der Waals surface area contributed by atoms with E-state index in [1.807, 2.05) is 0 Å². The van der Waals surface area contributed by atoms with E-state index in [9.17, 15) is 23.1 Å². The van der Waals surface area contributed by atoms with Gasteiger partial charge in [-0.25, -0.2) is 0 Å². The normalized spacial score (nSPS) is 22.5. The largest absolute Gasteiger partial charge is 0.419 e. The van der Waals surface area contributed by atoms with Crippen molar-refractivity contribution >= 4 is 24.0 Å². The summed E-state index contributed by atoms with van der Waals surface area (Å²) < 4.78 is 37.9. The van der Waals surface area contributed by atoms with Gasteiger partial charge in [0.25, 0.3) is 5.91 Å². The number of halogens is 4. The zero-order chi connectivity index (χ0) is 14.3. The number of amides is 1. The van der Waals surface area contributed by atoms with Crippen LogP contribution in [0.4, 0.5) is 18.9 Å². The van der Waals surface area contributed by atoms with Crippen molar-refractivity contribution in [3.63, 3.8) is 0 Å². The summed E-state index contributed by atoms with van der Waals surface area (Å²) in [5.74, 6) is -0.661. The van der Waals surface area contributed by atoms with Crippen LogP contribution in [-0.2, 0) is 0 Å². The number of hydrogen-bond acceptors (Lipinski definition) is 4. The van der Waals surface area contributed by atoms with Crippen LogP contribution in [0.15, 0.2) is 18.5 Å². The van der Waals surface area contributed by atoms with E-state index in [0.717, 1.165) is 4.90 Å². The minimum atomic E-state index is -4.76. The van der Waals surface area contributed by atoms with Crippen LogP contribution in [0.2, 0.25) is 0 Å². The highest BCUT2D eigenvalue weighted by atomic mass is 35.5. The Morgan fingerprint density at radius 2 is 2.15 bits per heavy atom. The van der Waals surface area contributed by atoms with Crippen LogP contribution in [-0.4, -0.2) is 45.8 Å². The van der Waals surface area contributed by atoms with Gasteiger partial charge in [0.15, 0.2) is 5.60 Å². The number of aliphatic hydroxyl groups is 1. The molecule has 0 bridgehead atoms. The number of nitrogens with two attached hydrogens (primary N) is 1. The van der Waals surface area contributed by atoms with Gasteiger partial charge in [0.2, 0.25) is 0 Å². The molecule has 1 atom stereocenters. The molecular weight excluding hydrogens is 299 g/mol. The van der Waals surface area contributed by atoms with Gasteiger partial charge < -0.3 is 15.7 Å². The lowest BCUT2D eigenvalue weighted by Gasteiger charge is -2.26. The van der Waals surface area contributed by atoms with Gasteiger partial charge in [-0.15, -0.1) is 12.4 Å². The predicted octanol–water partition coefficient (Wildman–Crippen LogP) is 1.22. The summed E-state index contributed by atoms with van der Waals surface area (Å²) in [6.07, 6.45) is -2.73. The lowest BCUT2D eigenvalue weighted by atomic mass is 10.0. The van der Waals surface area contributed by atoms with Gasteiger partial charge >= 0.3 is 6.18 Å². The molecule has 0 spiro atoms. The molecule has 0 radical (unpaired) electrons. The highest BCUT2D eigenvalue weighted by molar-refractivity contribution is 5.98. The molecule has 0 saturated carbocycles. The molecule has 1 amide bonds. The fourth-order valence-electron chi connectivity index (χ4n) is 1.95. The first-order valence-corrected chi connectivity index (χ1v) is 5.52. The van der Waals surface area contributed by atoms with Crippen LogP contribution in [0.1, 0.15) is 16.8 Å². The Morgan fingerprint density at radius 1 is 1.50 bits per heavy atom. The third kappa shape index (κ3) is 2.80. The Morgan fingerprint density at radius 3 is 2.65 bits per heavy atom. The third-order valence-corrected chi connectivity index (χ3v) is 3.15. The van der Waals surface area contributed by atoms with E-state index < -0.39 is 30.7 Å². The summed E-state index contributed by atoms with van der Waals surface area (Å²) in [6.45, 7) is -0.965. The van der Waals surface area contributed by atoms with Gasteiger partial charge in [0.1, 0.15) is 0 Å². The highest BCUT2D eigenvalue weighted by Gasteiger charge is 2.57. The van der Waals surface area contributed by atoms with Gasteiger partial charge in [-0.2, -0.15) is 13.2 Å². The van der Waals surface area contributed by atoms with Crippen molar-refractivity contribution < 1.29 is 23.1 Å². The minimum Gasteiger partial charge on any atom is -0.398 e. The molecule has 0 aliphatic carbocycles. The summed E-state index contributed by atoms with van der Waals surface area (Å²) in [5.41, 5.74) is 2.90. The number of carbonyl (C=O) groups excluding carboxylic acids is 1. The molecular formula is C11H13ClF3N3O2. The molecule has 3 N–H and O–H groups in total. The van der Waals surface area contributed by atoms with Crippen LogP contribution >= 0.6 is 12.4 Å². The summed E-state index contributed by atoms with van der Waals surface area (Å²) in [7, 11) is 0. The molecule has 112 valence electrons. The molecule has 5 nitrogen and oxygen atoms in total. The number of carbonyl (C=O) groups is 1. The summed E-state index contributed by atoms with van der Waals surface area (Å²) in [5, 5.41) is 9.50. The van der Waals surface area contributed by atoms with Gasteiger partial charge in [0, 0.05) is 31.0 Å². The van der Waals surface area contributed by atoms with E-state index in [0.29, 0.717) is 0 Å². The number of aromatic nitrogens is 1. The van der Waals surface area contributed by atoms with Crippen LogP contribution in [0, 0.1) is 0 Å². The highest BCUT2D eigenvalue weighted by Crippen LogP contribution is 2.38. The number of pyridine rings is 1. The average molecular weight is 312 g/mol. The molecule has 1 saturated heterocycles. The molecule has 1 aliphatic heterocycles. The molecule has 0 aromatic carbocycles. The molecule has 1 aliphatic rings. The standard InChI is InChI=1S/C11H12F3N3O2.ClH/c12-11(13,14)10(19)2-4-17(6-10)9(18)7-5-16-3-1-8(7)15;/h1,3,5,19H,2,4,6H2,(H2,15,16);1H.